The van der Waals surface area contributed by atoms with Gasteiger partial charge in [-0.25, -0.2) is 18.2 Å². The Morgan fingerprint density at radius 1 is 1.10 bits per heavy atom. The maximum absolute atomic E-state index is 15.4. The summed E-state index contributed by atoms with van der Waals surface area (Å²) in [6, 6.07) is 13.9. The first-order valence-corrected chi connectivity index (χ1v) is 13.9. The molecule has 0 radical (unpaired) electrons. The monoisotopic (exact) mass is 564 g/mol. The van der Waals surface area contributed by atoms with Gasteiger partial charge in [-0.15, -0.1) is 0 Å². The molecule has 2 unspecified atom stereocenters. The molecule has 0 bridgehead atoms. The minimum absolute atomic E-state index is 0.111. The van der Waals surface area contributed by atoms with Crippen LogP contribution in [0, 0.1) is 18.7 Å². The van der Waals surface area contributed by atoms with Crippen LogP contribution in [0.4, 0.5) is 18.9 Å². The number of fused-ring (bicyclic) bond motifs is 1. The predicted molar refractivity (Wildman–Crippen MR) is 148 cm³/mol. The zero-order chi connectivity index (χ0) is 28.7. The van der Waals surface area contributed by atoms with Gasteiger partial charge < -0.3 is 19.3 Å². The van der Waals surface area contributed by atoms with E-state index in [1.165, 1.54) is 11.0 Å². The van der Waals surface area contributed by atoms with Crippen molar-refractivity contribution in [2.75, 3.05) is 18.0 Å². The van der Waals surface area contributed by atoms with Gasteiger partial charge in [0.15, 0.2) is 0 Å². The second-order valence-corrected chi connectivity index (χ2v) is 11.1. The topological polar surface area (TPSA) is 80.5 Å². The molecule has 214 valence electrons. The Bertz CT molecular complexity index is 1580. The quantitative estimate of drug-likeness (QED) is 0.270. The number of alkyl halides is 2. The van der Waals surface area contributed by atoms with Crippen LogP contribution >= 0.6 is 0 Å². The summed E-state index contributed by atoms with van der Waals surface area (Å²) in [4.78, 5) is 22.9. The second-order valence-electron chi connectivity index (χ2n) is 11.1. The lowest BCUT2D eigenvalue weighted by atomic mass is 9.78. The van der Waals surface area contributed by atoms with E-state index < -0.39 is 36.7 Å². The third-order valence-electron chi connectivity index (χ3n) is 8.10. The van der Waals surface area contributed by atoms with E-state index in [4.69, 9.17) is 9.72 Å². The van der Waals surface area contributed by atoms with Crippen molar-refractivity contribution < 1.29 is 27.8 Å². The van der Waals surface area contributed by atoms with E-state index in [1.807, 2.05) is 41.8 Å². The van der Waals surface area contributed by atoms with Gasteiger partial charge in [0, 0.05) is 29.4 Å². The van der Waals surface area contributed by atoms with Crippen LogP contribution in [0.3, 0.4) is 0 Å². The summed E-state index contributed by atoms with van der Waals surface area (Å²) in [6.45, 7) is 1.48. The lowest BCUT2D eigenvalue weighted by Gasteiger charge is -2.40. The van der Waals surface area contributed by atoms with Crippen molar-refractivity contribution in [1.82, 2.24) is 14.5 Å². The molecule has 2 aromatic heterocycles. The Kier molecular flexibility index (Phi) is 7.09. The van der Waals surface area contributed by atoms with Gasteiger partial charge in [0.25, 0.3) is 5.92 Å². The van der Waals surface area contributed by atoms with Crippen molar-refractivity contribution in [3.05, 3.63) is 83.2 Å². The number of anilines is 1. The van der Waals surface area contributed by atoms with Crippen molar-refractivity contribution in [1.29, 1.82) is 0 Å². The molecule has 2 fully saturated rings. The van der Waals surface area contributed by atoms with Gasteiger partial charge in [0.05, 0.1) is 42.3 Å². The molecule has 1 saturated heterocycles. The van der Waals surface area contributed by atoms with E-state index in [0.29, 0.717) is 46.7 Å². The Balaban J connectivity index is 1.35. The summed E-state index contributed by atoms with van der Waals surface area (Å²) in [7, 11) is 0. The number of rotatable bonds is 8. The molecule has 4 aromatic rings. The molecular weight excluding hydrogens is 533 g/mol. The van der Waals surface area contributed by atoms with Gasteiger partial charge in [-0.3, -0.25) is 9.78 Å². The highest BCUT2D eigenvalue weighted by molar-refractivity contribution is 5.79. The van der Waals surface area contributed by atoms with Crippen molar-refractivity contribution in [3.63, 3.8) is 0 Å². The summed E-state index contributed by atoms with van der Waals surface area (Å²) >= 11 is 0. The molecule has 1 aliphatic heterocycles. The standard InChI is InChI=1S/C31H31F3N4O3/c1-19-6-8-21(35-14-19)16-41-23-10-11-27-28(13-23)38(29(36-27)24-4-2-3-5-25(24)30(39)40)15-20-7-9-22(12-26(20)32)37-17-31(33,34)18-37/h6-14,24-25H,2-5,15-18H2,1H3,(H,39,40). The Hall–Kier alpha value is -4.08. The number of aliphatic carboxylic acids is 1. The SMILES string of the molecule is Cc1ccc(COc2ccc3nc(C4CCCCC4C(=O)O)n(Cc4ccc(N5CC(F)(F)C5)cc4F)c3c2)nc1. The molecule has 1 aliphatic carbocycles. The molecule has 1 N–H and O–H groups in total. The van der Waals surface area contributed by atoms with E-state index in [-0.39, 0.29) is 19.1 Å². The van der Waals surface area contributed by atoms with Crippen molar-refractivity contribution >= 4 is 22.7 Å². The average Bonchev–Trinajstić information content (AvgIpc) is 3.29. The van der Waals surface area contributed by atoms with Gasteiger partial charge in [0.2, 0.25) is 0 Å². The number of hydrogen-bond acceptors (Lipinski definition) is 5. The number of halogens is 3. The fourth-order valence-corrected chi connectivity index (χ4v) is 5.86. The van der Waals surface area contributed by atoms with E-state index >= 15 is 4.39 Å². The van der Waals surface area contributed by atoms with Gasteiger partial charge in [-0.2, -0.15) is 0 Å². The normalized spacial score (nSPS) is 20.1. The Morgan fingerprint density at radius 2 is 1.90 bits per heavy atom. The molecule has 10 heteroatoms. The number of carbonyl (C=O) groups is 1. The first kappa shape index (κ1) is 27.1. The highest BCUT2D eigenvalue weighted by Gasteiger charge is 2.44. The van der Waals surface area contributed by atoms with Crippen molar-refractivity contribution in [2.45, 2.75) is 57.6 Å². The summed E-state index contributed by atoms with van der Waals surface area (Å²) in [5, 5.41) is 9.98. The number of benzene rings is 2. The molecule has 2 aliphatic rings. The number of carboxylic acid groups (broad SMARTS) is 1. The third kappa shape index (κ3) is 5.60. The molecule has 41 heavy (non-hydrogen) atoms. The molecule has 3 heterocycles. The second kappa shape index (κ2) is 10.7. The average molecular weight is 565 g/mol. The summed E-state index contributed by atoms with van der Waals surface area (Å²) in [6.07, 6.45) is 4.74. The van der Waals surface area contributed by atoms with E-state index in [2.05, 4.69) is 4.98 Å². The predicted octanol–water partition coefficient (Wildman–Crippen LogP) is 6.32. The molecule has 0 amide bonds. The van der Waals surface area contributed by atoms with Crippen LogP contribution in [0.25, 0.3) is 11.0 Å². The number of carboxylic acids is 1. The summed E-state index contributed by atoms with van der Waals surface area (Å²) < 4.78 is 50.0. The molecular formula is C31H31F3N4O3. The molecule has 1 saturated carbocycles. The van der Waals surface area contributed by atoms with Crippen LogP contribution in [0.1, 0.15) is 54.2 Å². The lowest BCUT2D eigenvalue weighted by Crippen LogP contribution is -2.56. The minimum atomic E-state index is -2.75. The number of ether oxygens (including phenoxy) is 1. The number of imidazole rings is 1. The largest absolute Gasteiger partial charge is 0.487 e. The van der Waals surface area contributed by atoms with Crippen LogP contribution in [-0.2, 0) is 17.9 Å². The summed E-state index contributed by atoms with van der Waals surface area (Å²) in [5.74, 6) is -3.83. The maximum Gasteiger partial charge on any atom is 0.307 e. The molecule has 2 aromatic carbocycles. The first-order chi connectivity index (χ1) is 19.7. The van der Waals surface area contributed by atoms with Gasteiger partial charge in [-0.05, 0) is 55.7 Å². The Morgan fingerprint density at radius 3 is 2.61 bits per heavy atom. The van der Waals surface area contributed by atoms with Crippen LogP contribution in [-0.4, -0.2) is 44.6 Å². The van der Waals surface area contributed by atoms with Crippen LogP contribution in [0.2, 0.25) is 0 Å². The first-order valence-electron chi connectivity index (χ1n) is 13.9. The van der Waals surface area contributed by atoms with Crippen molar-refractivity contribution in [2.24, 2.45) is 5.92 Å². The molecule has 2 atom stereocenters. The zero-order valence-corrected chi connectivity index (χ0v) is 22.7. The molecule has 7 nitrogen and oxygen atoms in total. The van der Waals surface area contributed by atoms with Gasteiger partial charge in [0.1, 0.15) is 24.0 Å². The van der Waals surface area contributed by atoms with Crippen LogP contribution in [0.5, 0.6) is 5.75 Å². The maximum atomic E-state index is 15.4. The number of aromatic nitrogens is 3. The van der Waals surface area contributed by atoms with Gasteiger partial charge >= 0.3 is 5.97 Å². The fraction of sp³-hybridized carbons (Fsp3) is 0.387. The fourth-order valence-electron chi connectivity index (χ4n) is 5.86. The Labute approximate surface area is 235 Å². The number of nitrogens with zero attached hydrogens (tertiary/aromatic N) is 4. The zero-order valence-electron chi connectivity index (χ0n) is 22.7. The highest BCUT2D eigenvalue weighted by Crippen LogP contribution is 2.40. The summed E-state index contributed by atoms with van der Waals surface area (Å²) in [5.41, 5.74) is 3.96. The van der Waals surface area contributed by atoms with Crippen molar-refractivity contribution in [3.8, 4) is 5.75 Å². The van der Waals surface area contributed by atoms with E-state index in [0.717, 1.165) is 24.1 Å². The number of pyridine rings is 1. The molecule has 0 spiro atoms. The smallest absolute Gasteiger partial charge is 0.307 e. The van der Waals surface area contributed by atoms with E-state index in [1.54, 1.807) is 18.3 Å². The third-order valence-corrected chi connectivity index (χ3v) is 8.10. The number of aryl methyl sites for hydroxylation is 1. The lowest BCUT2D eigenvalue weighted by molar-refractivity contribution is -0.143. The van der Waals surface area contributed by atoms with Gasteiger partial charge in [-0.1, -0.05) is 25.0 Å². The van der Waals surface area contributed by atoms with Crippen LogP contribution in [0.15, 0.2) is 54.7 Å². The highest BCUT2D eigenvalue weighted by atomic mass is 19.3. The van der Waals surface area contributed by atoms with E-state index in [9.17, 15) is 18.7 Å². The number of hydrogen-bond donors (Lipinski definition) is 1. The molecule has 6 rings (SSSR count). The minimum Gasteiger partial charge on any atom is -0.487 e. The van der Waals surface area contributed by atoms with Crippen LogP contribution < -0.4 is 9.64 Å².